The summed E-state index contributed by atoms with van der Waals surface area (Å²) in [5, 5.41) is 9.73. The van der Waals surface area contributed by atoms with E-state index in [2.05, 4.69) is 40.2 Å². The van der Waals surface area contributed by atoms with Crippen LogP contribution in [0.4, 0.5) is 5.82 Å². The maximum atomic E-state index is 13.6. The van der Waals surface area contributed by atoms with Crippen molar-refractivity contribution >= 4 is 11.6 Å². The van der Waals surface area contributed by atoms with E-state index >= 15 is 0 Å². The molecular formula is C30H33N3O2. The summed E-state index contributed by atoms with van der Waals surface area (Å²) in [6, 6.07) is 25.8. The zero-order valence-electron chi connectivity index (χ0n) is 19.9. The number of hydrogen-bond donors (Lipinski definition) is 1. The second-order valence-electron chi connectivity index (χ2n) is 9.08. The summed E-state index contributed by atoms with van der Waals surface area (Å²) in [4.78, 5) is 25.1. The first-order valence-electron chi connectivity index (χ1n) is 12.1. The van der Waals surface area contributed by atoms with E-state index in [-0.39, 0.29) is 15.2 Å². The first-order chi connectivity index (χ1) is 17.1. The molecule has 1 unspecified atom stereocenters. The molecule has 0 radical (unpaired) electrons. The molecule has 2 aromatic heterocycles. The number of aromatic nitrogens is 2. The molecule has 35 heavy (non-hydrogen) atoms. The number of aliphatic hydroxyl groups is 1. The lowest BCUT2D eigenvalue weighted by Crippen LogP contribution is -2.35. The molecule has 0 bridgehead atoms. The standard InChI is InChI=1S/C30H29N3O2.2H2/c1-21-27(17-25(18-31-21)26-13-6-5-11-24(26)20-34)30(35)28-14-7-15-29(32-28)33-16-8-12-23(19-33)22-9-3-2-4-10-22;;/h2-7,9-11,13-15,17-18,23,34H,8,12,16,19-20H2,1H3;2*1H. The third kappa shape index (κ3) is 4.86. The van der Waals surface area contributed by atoms with E-state index in [1.807, 2.05) is 49.4 Å². The molecule has 5 rings (SSSR count). The molecule has 1 aliphatic rings. The van der Waals surface area contributed by atoms with Gasteiger partial charge in [0.1, 0.15) is 11.5 Å². The van der Waals surface area contributed by atoms with Crippen LogP contribution in [0.1, 0.15) is 54.5 Å². The lowest BCUT2D eigenvalue weighted by Gasteiger charge is -2.34. The van der Waals surface area contributed by atoms with E-state index in [1.54, 1.807) is 12.3 Å². The number of rotatable bonds is 6. The quantitative estimate of drug-likeness (QED) is 0.350. The molecule has 1 atom stereocenters. The third-order valence-electron chi connectivity index (χ3n) is 6.81. The summed E-state index contributed by atoms with van der Waals surface area (Å²) in [5.74, 6) is 1.15. The normalized spacial score (nSPS) is 15.7. The molecule has 1 aliphatic heterocycles. The minimum Gasteiger partial charge on any atom is -0.392 e. The predicted octanol–water partition coefficient (Wildman–Crippen LogP) is 6.05. The molecule has 0 spiro atoms. The molecule has 3 heterocycles. The molecular weight excluding hydrogens is 434 g/mol. The van der Waals surface area contributed by atoms with Gasteiger partial charge in [0.05, 0.1) is 6.61 Å². The van der Waals surface area contributed by atoms with Crippen LogP contribution < -0.4 is 4.90 Å². The van der Waals surface area contributed by atoms with Gasteiger partial charge in [-0.3, -0.25) is 9.78 Å². The van der Waals surface area contributed by atoms with Crippen LogP contribution in [0.3, 0.4) is 0 Å². The molecule has 0 amide bonds. The Morgan fingerprint density at radius 2 is 1.86 bits per heavy atom. The van der Waals surface area contributed by atoms with Gasteiger partial charge in [-0.25, -0.2) is 4.98 Å². The second-order valence-corrected chi connectivity index (χ2v) is 9.08. The number of aryl methyl sites for hydroxylation is 1. The van der Waals surface area contributed by atoms with E-state index in [0.717, 1.165) is 48.4 Å². The Kier molecular flexibility index (Phi) is 6.68. The molecule has 5 heteroatoms. The van der Waals surface area contributed by atoms with Crippen molar-refractivity contribution in [2.75, 3.05) is 18.0 Å². The summed E-state index contributed by atoms with van der Waals surface area (Å²) in [5.41, 5.74) is 5.44. The van der Waals surface area contributed by atoms with Gasteiger partial charge in [-0.05, 0) is 54.7 Å². The molecule has 1 N–H and O–H groups in total. The minimum atomic E-state index is -0.142. The number of benzene rings is 2. The maximum absolute atomic E-state index is 13.6. The summed E-state index contributed by atoms with van der Waals surface area (Å²) < 4.78 is 0. The zero-order valence-corrected chi connectivity index (χ0v) is 19.9. The number of carbonyl (C=O) groups is 1. The SMILES string of the molecule is Cc1ncc(-c2ccccc2CO)cc1C(=O)c1cccc(N2CCCC(c3ccccc3)C2)n1.[HH].[HH]. The van der Waals surface area contributed by atoms with Crippen molar-refractivity contribution in [2.45, 2.75) is 32.3 Å². The van der Waals surface area contributed by atoms with Crippen LogP contribution in [0.5, 0.6) is 0 Å². The Labute approximate surface area is 209 Å². The first-order valence-corrected chi connectivity index (χ1v) is 12.1. The minimum absolute atomic E-state index is 0. The van der Waals surface area contributed by atoms with Crippen molar-refractivity contribution < 1.29 is 12.8 Å². The Morgan fingerprint density at radius 1 is 1.06 bits per heavy atom. The van der Waals surface area contributed by atoms with Gasteiger partial charge in [-0.15, -0.1) is 0 Å². The molecule has 5 nitrogen and oxygen atoms in total. The number of ketones is 1. The van der Waals surface area contributed by atoms with Gasteiger partial charge in [0.15, 0.2) is 0 Å². The zero-order chi connectivity index (χ0) is 24.2. The summed E-state index contributed by atoms with van der Waals surface area (Å²) in [7, 11) is 0. The first kappa shape index (κ1) is 22.9. The summed E-state index contributed by atoms with van der Waals surface area (Å²) in [6.45, 7) is 3.59. The van der Waals surface area contributed by atoms with Crippen molar-refractivity contribution in [2.24, 2.45) is 0 Å². The number of nitrogens with zero attached hydrogens (tertiary/aromatic N) is 3. The monoisotopic (exact) mass is 467 g/mol. The molecule has 2 aromatic carbocycles. The number of piperidine rings is 1. The van der Waals surface area contributed by atoms with Crippen LogP contribution in [-0.4, -0.2) is 33.9 Å². The Morgan fingerprint density at radius 3 is 2.69 bits per heavy atom. The number of hydrogen-bond acceptors (Lipinski definition) is 5. The van der Waals surface area contributed by atoms with Gasteiger partial charge in [0, 0.05) is 44.9 Å². The Bertz CT molecular complexity index is 1350. The number of anilines is 1. The van der Waals surface area contributed by atoms with Crippen molar-refractivity contribution in [3.8, 4) is 11.1 Å². The molecule has 1 saturated heterocycles. The lowest BCUT2D eigenvalue weighted by atomic mass is 9.90. The average Bonchev–Trinajstić information content (AvgIpc) is 2.93. The highest BCUT2D eigenvalue weighted by atomic mass is 16.3. The van der Waals surface area contributed by atoms with E-state index in [0.29, 0.717) is 22.9 Å². The average molecular weight is 468 g/mol. The van der Waals surface area contributed by atoms with Gasteiger partial charge in [0.25, 0.3) is 0 Å². The van der Waals surface area contributed by atoms with Crippen LogP contribution >= 0.6 is 0 Å². The predicted molar refractivity (Wildman–Crippen MR) is 143 cm³/mol. The van der Waals surface area contributed by atoms with Gasteiger partial charge in [0.2, 0.25) is 5.78 Å². The fourth-order valence-corrected chi connectivity index (χ4v) is 4.90. The van der Waals surface area contributed by atoms with Crippen molar-refractivity contribution in [3.63, 3.8) is 0 Å². The van der Waals surface area contributed by atoms with E-state index < -0.39 is 0 Å². The van der Waals surface area contributed by atoms with Gasteiger partial charge >= 0.3 is 0 Å². The number of pyridine rings is 2. The van der Waals surface area contributed by atoms with Crippen LogP contribution in [0.15, 0.2) is 85.1 Å². The van der Waals surface area contributed by atoms with Crippen molar-refractivity contribution in [1.29, 1.82) is 0 Å². The van der Waals surface area contributed by atoms with Crippen LogP contribution in [0.2, 0.25) is 0 Å². The van der Waals surface area contributed by atoms with Crippen LogP contribution in [-0.2, 0) is 6.61 Å². The molecule has 4 aromatic rings. The van der Waals surface area contributed by atoms with Crippen molar-refractivity contribution in [3.05, 3.63) is 113 Å². The maximum Gasteiger partial charge on any atom is 0.213 e. The topological polar surface area (TPSA) is 66.3 Å². The smallest absolute Gasteiger partial charge is 0.213 e. The molecule has 180 valence electrons. The Balaban J connectivity index is 0.00000190. The van der Waals surface area contributed by atoms with Crippen LogP contribution in [0.25, 0.3) is 11.1 Å². The second kappa shape index (κ2) is 10.2. The van der Waals surface area contributed by atoms with E-state index in [1.165, 1.54) is 5.56 Å². The highest BCUT2D eigenvalue weighted by Gasteiger charge is 2.23. The Hall–Kier alpha value is -3.83. The third-order valence-corrected chi connectivity index (χ3v) is 6.81. The van der Waals surface area contributed by atoms with E-state index in [4.69, 9.17) is 4.98 Å². The van der Waals surface area contributed by atoms with Crippen molar-refractivity contribution in [1.82, 2.24) is 9.97 Å². The number of aliphatic hydroxyl groups excluding tert-OH is 1. The fourth-order valence-electron chi connectivity index (χ4n) is 4.90. The lowest BCUT2D eigenvalue weighted by molar-refractivity contribution is 0.103. The highest BCUT2D eigenvalue weighted by molar-refractivity contribution is 6.09. The summed E-state index contributed by atoms with van der Waals surface area (Å²) >= 11 is 0. The molecule has 0 saturated carbocycles. The van der Waals surface area contributed by atoms with Gasteiger partial charge in [-0.1, -0.05) is 60.7 Å². The van der Waals surface area contributed by atoms with E-state index in [9.17, 15) is 9.90 Å². The fraction of sp³-hybridized carbons (Fsp3) is 0.233. The largest absolute Gasteiger partial charge is 0.392 e. The van der Waals surface area contributed by atoms with Gasteiger partial charge in [-0.2, -0.15) is 0 Å². The number of carbonyl (C=O) groups excluding carboxylic acids is 1. The molecule has 1 fully saturated rings. The molecule has 0 aliphatic carbocycles. The summed E-state index contributed by atoms with van der Waals surface area (Å²) in [6.07, 6.45) is 4.00. The van der Waals surface area contributed by atoms with Gasteiger partial charge < -0.3 is 10.0 Å². The highest BCUT2D eigenvalue weighted by Crippen LogP contribution is 2.30. The van der Waals surface area contributed by atoms with Crippen LogP contribution in [0, 0.1) is 6.92 Å².